The Morgan fingerprint density at radius 2 is 1.22 bits per heavy atom. The lowest BCUT2D eigenvalue weighted by molar-refractivity contribution is -0.138. The van der Waals surface area contributed by atoms with Gasteiger partial charge in [-0.2, -0.15) is 0 Å². The number of nitrogens with one attached hydrogen (secondary N) is 1. The van der Waals surface area contributed by atoms with Crippen molar-refractivity contribution in [3.63, 3.8) is 0 Å². The zero-order valence-electron chi connectivity index (χ0n) is 29.2. The number of carbonyl (C=O) groups excluding carboxylic acids is 3. The summed E-state index contributed by atoms with van der Waals surface area (Å²) in [4.78, 5) is 32.9. The summed E-state index contributed by atoms with van der Waals surface area (Å²) in [5, 5.41) is 3.41. The van der Waals surface area contributed by atoms with Crippen LogP contribution in [0.4, 0.5) is 11.4 Å². The highest BCUT2D eigenvalue weighted by Gasteiger charge is 2.24. The van der Waals surface area contributed by atoms with E-state index in [0.29, 0.717) is 37.5 Å². The van der Waals surface area contributed by atoms with Crippen molar-refractivity contribution in [2.45, 2.75) is 58.3 Å². The number of benzene rings is 4. The summed E-state index contributed by atoms with van der Waals surface area (Å²) in [6, 6.07) is 30.6. The van der Waals surface area contributed by atoms with E-state index in [2.05, 4.69) is 11.4 Å². The maximum atomic E-state index is 11.4. The monoisotopic (exact) mass is 690 g/mol. The first-order chi connectivity index (χ1) is 24.8. The van der Waals surface area contributed by atoms with Crippen LogP contribution in [0.25, 0.3) is 12.2 Å². The quantitative estimate of drug-likeness (QED) is 0.0582. The molecule has 266 valence electrons. The Morgan fingerprint density at radius 3 is 1.78 bits per heavy atom. The molecule has 2 saturated carbocycles. The van der Waals surface area contributed by atoms with Crippen LogP contribution in [0, 0.1) is 0 Å². The van der Waals surface area contributed by atoms with Gasteiger partial charge >= 0.3 is 11.9 Å². The number of esters is 2. The molecular weight excluding hydrogens is 644 g/mol. The molecule has 4 aromatic rings. The zero-order chi connectivity index (χ0) is 36.3. The molecule has 2 fully saturated rings. The molecule has 0 heterocycles. The molecule has 0 unspecified atom stereocenters. The van der Waals surface area contributed by atoms with Gasteiger partial charge in [0.25, 0.3) is 0 Å². The number of hydrogen-bond donors (Lipinski definition) is 2. The van der Waals surface area contributed by atoms with E-state index in [4.69, 9.17) is 24.7 Å². The SMILES string of the molecule is CCOC(=O)/C=C/c1cccc(C=O)c1.CCOC(=O)/C=C/c1cccc(CNc2cccc(OC3CC3)c2)c1.Nc1cccc(OC2CC2)c1. The standard InChI is InChI=1S/C21H23NO3.C12H12O3.C9H11NO/c1-2-24-21(23)12-9-16-5-3-6-17(13-16)15-22-18-7-4-8-20(14-18)25-19-10-11-19;1-2-15-12(14)7-6-10-4-3-5-11(8-10)9-13;10-7-2-1-3-9(6-7)11-8-4-5-8/h3-9,12-14,19,22H,2,10-11,15H2,1H3;3-9H,2H2,1H3;1-3,6,8H,4-5,10H2/b12-9+;7-6+;. The highest BCUT2D eigenvalue weighted by molar-refractivity contribution is 5.88. The van der Waals surface area contributed by atoms with Gasteiger partial charge in [0.05, 0.1) is 25.4 Å². The second-order valence-electron chi connectivity index (χ2n) is 11.8. The fourth-order valence-corrected chi connectivity index (χ4v) is 4.48. The molecule has 2 aliphatic carbocycles. The van der Waals surface area contributed by atoms with Crippen LogP contribution in [0.5, 0.6) is 11.5 Å². The van der Waals surface area contributed by atoms with Crippen LogP contribution in [0.3, 0.4) is 0 Å². The number of ether oxygens (including phenoxy) is 4. The van der Waals surface area contributed by atoms with Gasteiger partial charge in [0.2, 0.25) is 0 Å². The smallest absolute Gasteiger partial charge is 0.330 e. The van der Waals surface area contributed by atoms with Crippen LogP contribution >= 0.6 is 0 Å². The molecule has 4 aromatic carbocycles. The molecule has 0 saturated heterocycles. The Bertz CT molecular complexity index is 1780. The fourth-order valence-electron chi connectivity index (χ4n) is 4.48. The average molecular weight is 691 g/mol. The van der Waals surface area contributed by atoms with Gasteiger partial charge in [-0.1, -0.05) is 48.5 Å². The first kappa shape index (κ1) is 38.0. The molecule has 0 aromatic heterocycles. The summed E-state index contributed by atoms with van der Waals surface area (Å²) in [6.45, 7) is 4.99. The topological polar surface area (TPSA) is 126 Å². The van der Waals surface area contributed by atoms with Crippen molar-refractivity contribution in [1.82, 2.24) is 0 Å². The molecule has 3 N–H and O–H groups in total. The van der Waals surface area contributed by atoms with Gasteiger partial charge in [0.15, 0.2) is 0 Å². The predicted octanol–water partition coefficient (Wildman–Crippen LogP) is 8.30. The highest BCUT2D eigenvalue weighted by atomic mass is 16.5. The molecule has 0 amide bonds. The van der Waals surface area contributed by atoms with Crippen LogP contribution in [0.1, 0.15) is 66.6 Å². The highest BCUT2D eigenvalue weighted by Crippen LogP contribution is 2.29. The number of hydrogen-bond acceptors (Lipinski definition) is 9. The maximum Gasteiger partial charge on any atom is 0.330 e. The van der Waals surface area contributed by atoms with Crippen LogP contribution < -0.4 is 20.5 Å². The fraction of sp³-hybridized carbons (Fsp3) is 0.262. The van der Waals surface area contributed by atoms with Crippen molar-refractivity contribution in [3.8, 4) is 11.5 Å². The maximum absolute atomic E-state index is 11.4. The summed E-state index contributed by atoms with van der Waals surface area (Å²) in [6.07, 6.45) is 12.5. The van der Waals surface area contributed by atoms with E-state index in [9.17, 15) is 14.4 Å². The molecule has 0 radical (unpaired) electrons. The van der Waals surface area contributed by atoms with Gasteiger partial charge in [-0.15, -0.1) is 0 Å². The normalized spacial score (nSPS) is 13.2. The average Bonchev–Trinajstić information content (AvgIpc) is 4.09. The van der Waals surface area contributed by atoms with Gasteiger partial charge in [0.1, 0.15) is 17.8 Å². The third-order valence-electron chi connectivity index (χ3n) is 7.24. The predicted molar refractivity (Wildman–Crippen MR) is 202 cm³/mol. The van der Waals surface area contributed by atoms with E-state index >= 15 is 0 Å². The molecule has 6 rings (SSSR count). The zero-order valence-corrected chi connectivity index (χ0v) is 29.2. The van der Waals surface area contributed by atoms with E-state index in [1.54, 1.807) is 44.2 Å². The van der Waals surface area contributed by atoms with Gasteiger partial charge < -0.3 is 30.0 Å². The number of nitrogens with two attached hydrogens (primary N) is 1. The number of nitrogen functional groups attached to an aromatic ring is 1. The number of carbonyl (C=O) groups is 3. The summed E-state index contributed by atoms with van der Waals surface area (Å²) in [7, 11) is 0. The van der Waals surface area contributed by atoms with Crippen LogP contribution in [-0.2, 0) is 25.6 Å². The first-order valence-electron chi connectivity index (χ1n) is 17.2. The number of rotatable bonds is 14. The van der Waals surface area contributed by atoms with Gasteiger partial charge in [-0.3, -0.25) is 4.79 Å². The van der Waals surface area contributed by atoms with Crippen molar-refractivity contribution < 1.29 is 33.3 Å². The molecule has 51 heavy (non-hydrogen) atoms. The van der Waals surface area contributed by atoms with Crippen LogP contribution in [0.15, 0.2) is 109 Å². The molecule has 0 atom stereocenters. The van der Waals surface area contributed by atoms with Gasteiger partial charge in [0, 0.05) is 47.8 Å². The first-order valence-corrected chi connectivity index (χ1v) is 17.2. The second-order valence-corrected chi connectivity index (χ2v) is 11.8. The van der Waals surface area contributed by atoms with Crippen molar-refractivity contribution in [2.24, 2.45) is 0 Å². The summed E-state index contributed by atoms with van der Waals surface area (Å²) >= 11 is 0. The third kappa shape index (κ3) is 15.5. The van der Waals surface area contributed by atoms with Crippen molar-refractivity contribution >= 4 is 41.8 Å². The minimum atomic E-state index is -0.381. The Labute approximate surface area is 300 Å². The van der Waals surface area contributed by atoms with E-state index in [0.717, 1.165) is 58.7 Å². The van der Waals surface area contributed by atoms with E-state index in [-0.39, 0.29) is 11.9 Å². The lowest BCUT2D eigenvalue weighted by atomic mass is 10.1. The lowest BCUT2D eigenvalue weighted by Crippen LogP contribution is -2.01. The van der Waals surface area contributed by atoms with E-state index in [1.165, 1.54) is 25.0 Å². The molecule has 0 bridgehead atoms. The molecule has 0 spiro atoms. The summed E-state index contributed by atoms with van der Waals surface area (Å²) in [5.41, 5.74) is 10.9. The third-order valence-corrected chi connectivity index (χ3v) is 7.24. The van der Waals surface area contributed by atoms with E-state index in [1.807, 2.05) is 72.8 Å². The Morgan fingerprint density at radius 1 is 0.686 bits per heavy atom. The Hall–Kier alpha value is -5.83. The van der Waals surface area contributed by atoms with Crippen LogP contribution in [0.2, 0.25) is 0 Å². The minimum Gasteiger partial charge on any atom is -0.490 e. The molecule has 0 aliphatic heterocycles. The van der Waals surface area contributed by atoms with Gasteiger partial charge in [-0.05, 0) is 105 Å². The largest absolute Gasteiger partial charge is 0.490 e. The minimum absolute atomic E-state index is 0.321. The molecule has 9 heteroatoms. The number of anilines is 2. The lowest BCUT2D eigenvalue weighted by Gasteiger charge is -2.10. The summed E-state index contributed by atoms with van der Waals surface area (Å²) < 4.78 is 21.0. The van der Waals surface area contributed by atoms with Crippen LogP contribution in [-0.4, -0.2) is 43.6 Å². The number of aldehydes is 1. The molecule has 9 nitrogen and oxygen atoms in total. The Balaban J connectivity index is 0.000000190. The molecule has 2 aliphatic rings. The van der Waals surface area contributed by atoms with Crippen molar-refractivity contribution in [1.29, 1.82) is 0 Å². The van der Waals surface area contributed by atoms with Crippen molar-refractivity contribution in [3.05, 3.63) is 131 Å². The molecular formula is C42H46N2O7. The van der Waals surface area contributed by atoms with E-state index < -0.39 is 0 Å². The second kappa shape index (κ2) is 20.6. The van der Waals surface area contributed by atoms with Crippen molar-refractivity contribution in [2.75, 3.05) is 24.3 Å². The Kier molecular flexibility index (Phi) is 15.4. The van der Waals surface area contributed by atoms with Gasteiger partial charge in [-0.25, -0.2) is 9.59 Å². The summed E-state index contributed by atoms with van der Waals surface area (Å²) in [5.74, 6) is 1.11.